The van der Waals surface area contributed by atoms with Crippen LogP contribution in [0.1, 0.15) is 18.0 Å². The van der Waals surface area contributed by atoms with Crippen molar-refractivity contribution in [2.45, 2.75) is 13.0 Å². The number of oxazole rings is 1. The average Bonchev–Trinajstić information content (AvgIpc) is 3.22. The van der Waals surface area contributed by atoms with E-state index in [4.69, 9.17) is 8.83 Å². The number of hydrogen-bond donors (Lipinski definition) is 0. The fourth-order valence-corrected chi connectivity index (χ4v) is 2.41. The molecule has 1 aromatic carbocycles. The van der Waals surface area contributed by atoms with Crippen molar-refractivity contribution in [1.29, 1.82) is 0 Å². The van der Waals surface area contributed by atoms with Crippen LogP contribution in [0.3, 0.4) is 0 Å². The Balaban J connectivity index is 1.61. The van der Waals surface area contributed by atoms with E-state index in [1.165, 1.54) is 10.8 Å². The Kier molecular flexibility index (Phi) is 3.60. The lowest BCUT2D eigenvalue weighted by atomic mass is 10.2. The van der Waals surface area contributed by atoms with Crippen LogP contribution in [-0.2, 0) is 6.54 Å². The summed E-state index contributed by atoms with van der Waals surface area (Å²) in [6, 6.07) is 10.3. The Morgan fingerprint density at radius 3 is 2.64 bits per heavy atom. The van der Waals surface area contributed by atoms with Crippen LogP contribution in [-0.4, -0.2) is 19.7 Å². The number of hydrogen-bond acceptors (Lipinski definition) is 6. The zero-order valence-corrected chi connectivity index (χ0v) is 12.6. The normalized spacial score (nSPS) is 11.5. The molecule has 0 saturated heterocycles. The van der Waals surface area contributed by atoms with Crippen LogP contribution >= 0.6 is 0 Å². The molecule has 0 amide bonds. The standard InChI is InChI=1S/C16H10F2N4O3/c17-13(18)15-21-20-14(25-15)9-5-6-10(19-7-9)8-22-11-3-1-2-4-12(11)24-16(22)23/h1-7,13H,8H2. The minimum absolute atomic E-state index is 0.0414. The van der Waals surface area contributed by atoms with Gasteiger partial charge in [-0.2, -0.15) is 8.78 Å². The second kappa shape index (κ2) is 5.93. The van der Waals surface area contributed by atoms with Crippen LogP contribution < -0.4 is 5.76 Å². The molecule has 0 aliphatic heterocycles. The fraction of sp³-hybridized carbons (Fsp3) is 0.125. The predicted octanol–water partition coefficient (Wildman–Crippen LogP) is 3.03. The first kappa shape index (κ1) is 15.2. The topological polar surface area (TPSA) is 87.0 Å². The predicted molar refractivity (Wildman–Crippen MR) is 82.1 cm³/mol. The van der Waals surface area contributed by atoms with Crippen LogP contribution in [0.4, 0.5) is 8.78 Å². The van der Waals surface area contributed by atoms with E-state index in [2.05, 4.69) is 15.2 Å². The maximum Gasteiger partial charge on any atom is 0.420 e. The molecule has 0 aliphatic carbocycles. The molecule has 9 heteroatoms. The molecule has 0 aliphatic rings. The first-order chi connectivity index (χ1) is 12.1. The first-order valence-electron chi connectivity index (χ1n) is 7.27. The quantitative estimate of drug-likeness (QED) is 0.565. The van der Waals surface area contributed by atoms with Crippen molar-refractivity contribution in [2.24, 2.45) is 0 Å². The van der Waals surface area contributed by atoms with Gasteiger partial charge < -0.3 is 8.83 Å². The van der Waals surface area contributed by atoms with E-state index in [1.807, 2.05) is 0 Å². The van der Waals surface area contributed by atoms with Crippen molar-refractivity contribution in [3.8, 4) is 11.5 Å². The molecule has 7 nitrogen and oxygen atoms in total. The Bertz CT molecular complexity index is 1080. The third kappa shape index (κ3) is 2.80. The summed E-state index contributed by atoms with van der Waals surface area (Å²) in [6.45, 7) is 0.211. The van der Waals surface area contributed by atoms with E-state index in [-0.39, 0.29) is 12.4 Å². The monoisotopic (exact) mass is 344 g/mol. The number of pyridine rings is 1. The lowest BCUT2D eigenvalue weighted by Crippen LogP contribution is -2.15. The Morgan fingerprint density at radius 2 is 1.92 bits per heavy atom. The zero-order valence-electron chi connectivity index (χ0n) is 12.6. The molecule has 0 N–H and O–H groups in total. The molecular weight excluding hydrogens is 334 g/mol. The largest absolute Gasteiger partial charge is 0.420 e. The van der Waals surface area contributed by atoms with Gasteiger partial charge in [0.1, 0.15) is 0 Å². The molecule has 3 aromatic heterocycles. The van der Waals surface area contributed by atoms with Crippen molar-refractivity contribution in [1.82, 2.24) is 19.7 Å². The second-order valence-corrected chi connectivity index (χ2v) is 5.21. The Hall–Kier alpha value is -3.36. The lowest BCUT2D eigenvalue weighted by Gasteiger charge is -2.02. The van der Waals surface area contributed by atoms with Crippen molar-refractivity contribution in [3.05, 3.63) is 64.7 Å². The van der Waals surface area contributed by atoms with Crippen LogP contribution in [0.15, 0.2) is 56.2 Å². The summed E-state index contributed by atoms with van der Waals surface area (Å²) in [6.07, 6.45) is -1.40. The first-order valence-corrected chi connectivity index (χ1v) is 7.27. The lowest BCUT2D eigenvalue weighted by molar-refractivity contribution is 0.116. The molecule has 4 rings (SSSR count). The number of rotatable bonds is 4. The smallest absolute Gasteiger partial charge is 0.415 e. The molecular formula is C16H10F2N4O3. The van der Waals surface area contributed by atoms with E-state index in [1.54, 1.807) is 36.4 Å². The Morgan fingerprint density at radius 1 is 1.08 bits per heavy atom. The maximum atomic E-state index is 12.5. The number of nitrogens with zero attached hydrogens (tertiary/aromatic N) is 4. The molecule has 0 spiro atoms. The number of para-hydroxylation sites is 2. The summed E-state index contributed by atoms with van der Waals surface area (Å²) < 4.78 is 36.5. The molecule has 0 saturated carbocycles. The van der Waals surface area contributed by atoms with Gasteiger partial charge in [-0.25, -0.2) is 4.79 Å². The van der Waals surface area contributed by atoms with Crippen LogP contribution in [0.2, 0.25) is 0 Å². The average molecular weight is 344 g/mol. The molecule has 0 unspecified atom stereocenters. The molecule has 0 bridgehead atoms. The highest BCUT2D eigenvalue weighted by atomic mass is 19.3. The van der Waals surface area contributed by atoms with Gasteiger partial charge in [0, 0.05) is 6.20 Å². The van der Waals surface area contributed by atoms with Crippen molar-refractivity contribution < 1.29 is 17.6 Å². The maximum absolute atomic E-state index is 12.5. The summed E-state index contributed by atoms with van der Waals surface area (Å²) in [4.78, 5) is 16.2. The molecule has 0 fully saturated rings. The minimum Gasteiger partial charge on any atom is -0.415 e. The van der Waals surface area contributed by atoms with Gasteiger partial charge in [-0.1, -0.05) is 12.1 Å². The van der Waals surface area contributed by atoms with Crippen molar-refractivity contribution in [2.75, 3.05) is 0 Å². The van der Waals surface area contributed by atoms with Gasteiger partial charge in [0.15, 0.2) is 5.58 Å². The van der Waals surface area contributed by atoms with Crippen molar-refractivity contribution >= 4 is 11.1 Å². The van der Waals surface area contributed by atoms with Gasteiger partial charge >= 0.3 is 12.2 Å². The number of benzene rings is 1. The highest BCUT2D eigenvalue weighted by Crippen LogP contribution is 2.23. The number of halogens is 2. The van der Waals surface area contributed by atoms with Crippen molar-refractivity contribution in [3.63, 3.8) is 0 Å². The Labute approximate surface area is 138 Å². The highest BCUT2D eigenvalue weighted by molar-refractivity contribution is 5.72. The molecule has 0 radical (unpaired) electrons. The molecule has 3 heterocycles. The van der Waals surface area contributed by atoms with Gasteiger partial charge in [0.25, 0.3) is 5.89 Å². The molecule has 4 aromatic rings. The highest BCUT2D eigenvalue weighted by Gasteiger charge is 2.17. The summed E-state index contributed by atoms with van der Waals surface area (Å²) in [5, 5.41) is 6.83. The number of alkyl halides is 2. The van der Waals surface area contributed by atoms with Gasteiger partial charge in [0.05, 0.1) is 23.3 Å². The SMILES string of the molecule is O=c1oc2ccccc2n1Cc1ccc(-c2nnc(C(F)F)o2)cn1. The summed E-state index contributed by atoms with van der Waals surface area (Å²) in [7, 11) is 0. The summed E-state index contributed by atoms with van der Waals surface area (Å²) in [5.41, 5.74) is 2.16. The second-order valence-electron chi connectivity index (χ2n) is 5.21. The van der Waals surface area contributed by atoms with Gasteiger partial charge in [-0.05, 0) is 24.3 Å². The van der Waals surface area contributed by atoms with Crippen LogP contribution in [0.25, 0.3) is 22.6 Å². The van der Waals surface area contributed by atoms with Gasteiger partial charge in [-0.15, -0.1) is 10.2 Å². The van der Waals surface area contributed by atoms with E-state index in [0.29, 0.717) is 22.4 Å². The van der Waals surface area contributed by atoms with Crippen LogP contribution in [0.5, 0.6) is 0 Å². The third-order valence-corrected chi connectivity index (χ3v) is 3.59. The van der Waals surface area contributed by atoms with E-state index >= 15 is 0 Å². The van der Waals surface area contributed by atoms with Crippen LogP contribution in [0, 0.1) is 0 Å². The fourth-order valence-electron chi connectivity index (χ4n) is 2.41. The molecule has 25 heavy (non-hydrogen) atoms. The summed E-state index contributed by atoms with van der Waals surface area (Å²) in [5.74, 6) is -1.26. The molecule has 0 atom stereocenters. The number of fused-ring (bicyclic) bond motifs is 1. The van der Waals surface area contributed by atoms with E-state index < -0.39 is 18.1 Å². The molecule has 126 valence electrons. The minimum atomic E-state index is -2.82. The van der Waals surface area contributed by atoms with Gasteiger partial charge in [-0.3, -0.25) is 9.55 Å². The summed E-state index contributed by atoms with van der Waals surface area (Å²) >= 11 is 0. The van der Waals surface area contributed by atoms with Gasteiger partial charge in [0.2, 0.25) is 5.89 Å². The third-order valence-electron chi connectivity index (χ3n) is 3.59. The zero-order chi connectivity index (χ0) is 17.4. The van der Waals surface area contributed by atoms with E-state index in [9.17, 15) is 13.6 Å². The van der Waals surface area contributed by atoms with E-state index in [0.717, 1.165) is 0 Å². The number of aromatic nitrogens is 4.